The zero-order valence-corrected chi connectivity index (χ0v) is 56.7. The lowest BCUT2D eigenvalue weighted by atomic mass is 9.94. The number of aliphatic carboxylic acids is 3. The van der Waals surface area contributed by atoms with Gasteiger partial charge in [-0.3, -0.25) is 76.9 Å². The number of primary amides is 1. The highest BCUT2D eigenvalue weighted by molar-refractivity contribution is 5.99. The van der Waals surface area contributed by atoms with Crippen molar-refractivity contribution < 1.29 is 87.2 Å². The van der Waals surface area contributed by atoms with E-state index >= 15 is 0 Å². The Morgan fingerprint density at radius 2 is 1.03 bits per heavy atom. The molecule has 35 nitrogen and oxygen atoms in total. The van der Waals surface area contributed by atoms with Crippen LogP contribution in [0.2, 0.25) is 0 Å². The quantitative estimate of drug-likeness (QED) is 0.0168. The molecule has 1 aromatic rings. The Hall–Kier alpha value is -9.54. The number of carbonyl (C=O) groups excluding carboxylic acids is 12. The predicted molar refractivity (Wildman–Crippen MR) is 355 cm³/mol. The van der Waals surface area contributed by atoms with Crippen molar-refractivity contribution in [2.75, 3.05) is 32.7 Å². The lowest BCUT2D eigenvalue weighted by Crippen LogP contribution is -2.61. The van der Waals surface area contributed by atoms with Gasteiger partial charge >= 0.3 is 17.9 Å². The molecule has 98 heavy (non-hydrogen) atoms. The number of benzene rings is 1. The number of hydrogen-bond acceptors (Lipinski definition) is 18. The van der Waals surface area contributed by atoms with Gasteiger partial charge in [-0.25, -0.2) is 0 Å². The van der Waals surface area contributed by atoms with Crippen LogP contribution >= 0.6 is 0 Å². The average Bonchev–Trinajstić information content (AvgIpc) is 1.53. The number of unbranched alkanes of at least 4 members (excludes halogenated alkanes) is 1. The third kappa shape index (κ3) is 31.6. The van der Waals surface area contributed by atoms with Gasteiger partial charge in [0.05, 0.1) is 12.6 Å². The molecule has 12 amide bonds. The lowest BCUT2D eigenvalue weighted by molar-refractivity contribution is -0.143. The second-order valence-electron chi connectivity index (χ2n) is 24.7. The molecule has 12 atom stereocenters. The number of amides is 12. The second-order valence-corrected chi connectivity index (χ2v) is 24.7. The van der Waals surface area contributed by atoms with Crippen LogP contribution in [0, 0.1) is 17.8 Å². The number of likely N-dealkylation sites (tertiary alicyclic amines) is 1. The molecule has 1 aromatic carbocycles. The van der Waals surface area contributed by atoms with Crippen molar-refractivity contribution in [2.24, 2.45) is 51.4 Å². The molecule has 35 heteroatoms. The highest BCUT2D eigenvalue weighted by Crippen LogP contribution is 2.22. The molecule has 1 heterocycles. The number of rotatable bonds is 47. The van der Waals surface area contributed by atoms with Gasteiger partial charge in [0.15, 0.2) is 5.96 Å². The fraction of sp³-hybridized carbons (Fsp3) is 0.651. The van der Waals surface area contributed by atoms with Crippen LogP contribution in [0.15, 0.2) is 35.3 Å². The minimum Gasteiger partial charge on any atom is -0.481 e. The number of carboxylic acid groups (broad SMARTS) is 3. The largest absolute Gasteiger partial charge is 0.481 e. The zero-order valence-electron chi connectivity index (χ0n) is 56.7. The fourth-order valence-electron chi connectivity index (χ4n) is 10.4. The maximum absolute atomic E-state index is 14.6. The summed E-state index contributed by atoms with van der Waals surface area (Å²) in [6.45, 7) is 8.77. The first-order valence-electron chi connectivity index (χ1n) is 33.0. The molecule has 0 unspecified atom stereocenters. The predicted octanol–water partition coefficient (Wildman–Crippen LogP) is -3.94. The van der Waals surface area contributed by atoms with E-state index in [0.717, 1.165) is 10.5 Å². The molecular weight excluding hydrogens is 1280 g/mol. The summed E-state index contributed by atoms with van der Waals surface area (Å²) in [5.74, 6) is -16.3. The first kappa shape index (κ1) is 84.5. The van der Waals surface area contributed by atoms with Crippen LogP contribution < -0.4 is 81.8 Å². The van der Waals surface area contributed by atoms with Crippen LogP contribution in [0.25, 0.3) is 0 Å². The lowest BCUT2D eigenvalue weighted by Gasteiger charge is -2.31. The molecule has 1 fully saturated rings. The van der Waals surface area contributed by atoms with E-state index in [1.165, 1.54) is 0 Å². The first-order chi connectivity index (χ1) is 46.2. The molecule has 0 radical (unpaired) electrons. The van der Waals surface area contributed by atoms with Crippen molar-refractivity contribution in [3.05, 3.63) is 35.9 Å². The van der Waals surface area contributed by atoms with Gasteiger partial charge in [0.1, 0.15) is 60.9 Å². The normalized spacial score (nSPS) is 16.0. The van der Waals surface area contributed by atoms with Crippen LogP contribution in [-0.2, 0) is 78.3 Å². The van der Waals surface area contributed by atoms with Gasteiger partial charge in [0.2, 0.25) is 70.9 Å². The molecule has 548 valence electrons. The van der Waals surface area contributed by atoms with Crippen molar-refractivity contribution in [3.8, 4) is 0 Å². The Morgan fingerprint density at radius 1 is 0.541 bits per heavy atom. The summed E-state index contributed by atoms with van der Waals surface area (Å²) in [7, 11) is 0. The third-order valence-electron chi connectivity index (χ3n) is 16.3. The SMILES string of the molecule is CC[C@H](C)[C@H](NC(=O)[C@H](CCCCN)NC(=O)[C@H](CCC(=O)O)NC(=O)[C@@H]1CCCN1C(=O)[C@H](CCC(=O)O)NC(=O)[C@H](CC(C)C)NC(=O)CNC(=O)[C@H](CCCN=C(N)N)NC(=O)[C@H](CCC(N)=O)NC(=O)[C@@H](N)Cc1ccccc1)C(=O)N[C@H](C(=O)NCC(=O)O)[C@@H](C)CC. The molecule has 0 spiro atoms. The molecule has 0 saturated carbocycles. The summed E-state index contributed by atoms with van der Waals surface area (Å²) in [6, 6.07) is -5.24. The Kier molecular flexibility index (Phi) is 38.2. The van der Waals surface area contributed by atoms with Gasteiger partial charge in [0, 0.05) is 32.4 Å². The minimum absolute atomic E-state index is 0.000419. The van der Waals surface area contributed by atoms with Crippen molar-refractivity contribution in [3.63, 3.8) is 0 Å². The second kappa shape index (κ2) is 44.3. The maximum atomic E-state index is 14.6. The van der Waals surface area contributed by atoms with Crippen molar-refractivity contribution in [1.82, 2.24) is 58.1 Å². The van der Waals surface area contributed by atoms with Gasteiger partial charge in [-0.1, -0.05) is 84.7 Å². The topological polar surface area (TPSA) is 583 Å². The van der Waals surface area contributed by atoms with Crippen LogP contribution in [-0.4, -0.2) is 208 Å². The summed E-state index contributed by atoms with van der Waals surface area (Å²) in [5, 5.41) is 53.8. The number of guanidine groups is 1. The fourth-order valence-corrected chi connectivity index (χ4v) is 10.4. The van der Waals surface area contributed by atoms with E-state index in [0.29, 0.717) is 19.3 Å². The van der Waals surface area contributed by atoms with E-state index in [1.807, 2.05) is 0 Å². The number of carboxylic acids is 3. The molecule has 1 aliphatic rings. The van der Waals surface area contributed by atoms with Crippen LogP contribution in [0.1, 0.15) is 150 Å². The third-order valence-corrected chi connectivity index (χ3v) is 16.3. The van der Waals surface area contributed by atoms with Gasteiger partial charge in [-0.05, 0) is 107 Å². The molecule has 0 aliphatic carbocycles. The van der Waals surface area contributed by atoms with Crippen LogP contribution in [0.5, 0.6) is 0 Å². The van der Waals surface area contributed by atoms with Gasteiger partial charge in [-0.2, -0.15) is 0 Å². The molecule has 1 saturated heterocycles. The van der Waals surface area contributed by atoms with Gasteiger partial charge in [0.25, 0.3) is 0 Å². The highest BCUT2D eigenvalue weighted by Gasteiger charge is 2.41. The van der Waals surface area contributed by atoms with Gasteiger partial charge in [-0.15, -0.1) is 0 Å². The molecule has 23 N–H and O–H groups in total. The molecule has 0 aromatic heterocycles. The van der Waals surface area contributed by atoms with E-state index in [9.17, 15) is 82.1 Å². The van der Waals surface area contributed by atoms with E-state index in [4.69, 9.17) is 33.8 Å². The molecular formula is C63H103N17O18. The summed E-state index contributed by atoms with van der Waals surface area (Å²) < 4.78 is 0. The monoisotopic (exact) mass is 1390 g/mol. The Bertz CT molecular complexity index is 2920. The molecule has 0 bridgehead atoms. The summed E-state index contributed by atoms with van der Waals surface area (Å²) in [5.41, 5.74) is 29.0. The standard InChI is InChI=1S/C63H103N17O18/c1-7-35(5)51(60(96)71-33-50(87)88)79-61(97)52(36(6)8-2)78-57(93)40(18-12-13-27-64)75-56(92)42(22-25-48(83)84)76-59(95)45-20-15-29-80(45)62(98)43(23-26-49(85)86)77-58(94)44(30-34(3)4)72-47(82)32-70-54(90)39(19-14-28-69-63(67)68)74-55(91)41(21-24-46(66)81)73-53(89)38(65)31-37-16-10-9-11-17-37/h9-11,16-17,34-36,38-45,51-52H,7-8,12-15,18-33,64-65H2,1-6H3,(H2,66,81)(H,70,90)(H,71,96)(H,72,82)(H,73,89)(H,74,91)(H,75,92)(H,76,95)(H,77,94)(H,78,93)(H,79,97)(H,83,84)(H,85,86)(H,87,88)(H4,67,68,69)/t35-,36-,38-,39-,40-,41-,42-,43-,44-,45-,51-,52-/m0/s1. The number of nitrogens with zero attached hydrogens (tertiary/aromatic N) is 2. The molecule has 2 rings (SSSR count). The van der Waals surface area contributed by atoms with E-state index in [1.54, 1.807) is 71.9 Å². The zero-order chi connectivity index (χ0) is 73.8. The highest BCUT2D eigenvalue weighted by atomic mass is 16.4. The van der Waals surface area contributed by atoms with Crippen LogP contribution in [0.3, 0.4) is 0 Å². The molecule has 1 aliphatic heterocycles. The average molecular weight is 1390 g/mol. The number of nitrogens with two attached hydrogens (primary N) is 5. The number of aliphatic imine (C=N–C) groups is 1. The van der Waals surface area contributed by atoms with Crippen LogP contribution in [0.4, 0.5) is 0 Å². The van der Waals surface area contributed by atoms with Crippen molar-refractivity contribution >= 4 is 94.8 Å². The number of nitrogens with one attached hydrogen (secondary N) is 10. The number of hydrogen-bond donors (Lipinski definition) is 18. The maximum Gasteiger partial charge on any atom is 0.322 e. The van der Waals surface area contributed by atoms with E-state index in [-0.39, 0.29) is 95.7 Å². The van der Waals surface area contributed by atoms with E-state index < -0.39 is 200 Å². The van der Waals surface area contributed by atoms with Crippen molar-refractivity contribution in [1.29, 1.82) is 0 Å². The summed E-state index contributed by atoms with van der Waals surface area (Å²) in [4.78, 5) is 205. The van der Waals surface area contributed by atoms with E-state index in [2.05, 4.69) is 58.2 Å². The number of carbonyl (C=O) groups is 15. The first-order valence-corrected chi connectivity index (χ1v) is 33.0. The Labute approximate surface area is 569 Å². The summed E-state index contributed by atoms with van der Waals surface area (Å²) in [6.07, 6.45) is -1.59. The smallest absolute Gasteiger partial charge is 0.322 e. The Morgan fingerprint density at radius 3 is 1.58 bits per heavy atom. The van der Waals surface area contributed by atoms with Crippen molar-refractivity contribution in [2.45, 2.75) is 211 Å². The minimum atomic E-state index is -1.66. The summed E-state index contributed by atoms with van der Waals surface area (Å²) >= 11 is 0. The van der Waals surface area contributed by atoms with Gasteiger partial charge < -0.3 is 102 Å². The Balaban J connectivity index is 2.41.